The van der Waals surface area contributed by atoms with E-state index in [1.807, 2.05) is 18.2 Å². The van der Waals surface area contributed by atoms with Crippen LogP contribution >= 0.6 is 0 Å². The van der Waals surface area contributed by atoms with Crippen LogP contribution in [0.2, 0.25) is 0 Å². The number of hydrogen-bond acceptors (Lipinski definition) is 3. The molecule has 3 unspecified atom stereocenters. The summed E-state index contributed by atoms with van der Waals surface area (Å²) in [4.78, 5) is 15.1. The Morgan fingerprint density at radius 3 is 3.14 bits per heavy atom. The zero-order valence-electron chi connectivity index (χ0n) is 12.3. The Balaban J connectivity index is 1.60. The summed E-state index contributed by atoms with van der Waals surface area (Å²) in [6.07, 6.45) is 2.87. The molecule has 21 heavy (non-hydrogen) atoms. The minimum absolute atomic E-state index is 0.167. The second-order valence-electron chi connectivity index (χ2n) is 6.36. The van der Waals surface area contributed by atoms with Crippen LogP contribution < -0.4 is 5.32 Å². The molecule has 1 aromatic rings. The molecule has 3 heterocycles. The Morgan fingerprint density at radius 1 is 1.29 bits per heavy atom. The summed E-state index contributed by atoms with van der Waals surface area (Å²) in [5, 5.41) is 3.44. The van der Waals surface area contributed by atoms with Gasteiger partial charge in [0.2, 0.25) is 0 Å². The number of rotatable bonds is 1. The molecule has 4 heteroatoms. The van der Waals surface area contributed by atoms with Gasteiger partial charge in [-0.1, -0.05) is 24.3 Å². The predicted molar refractivity (Wildman–Crippen MR) is 79.9 cm³/mol. The minimum atomic E-state index is -0.394. The molecule has 1 aromatic carbocycles. The van der Waals surface area contributed by atoms with Crippen molar-refractivity contribution in [2.75, 3.05) is 26.2 Å². The number of piperidine rings is 1. The fourth-order valence-corrected chi connectivity index (χ4v) is 4.09. The number of likely N-dealkylation sites (tertiary alicyclic amines) is 1. The summed E-state index contributed by atoms with van der Waals surface area (Å²) in [7, 11) is 0. The van der Waals surface area contributed by atoms with Crippen molar-refractivity contribution in [1.29, 1.82) is 0 Å². The van der Waals surface area contributed by atoms with E-state index in [-0.39, 0.29) is 5.91 Å². The lowest BCUT2D eigenvalue weighted by Gasteiger charge is -2.39. The molecular weight excluding hydrogens is 264 g/mol. The van der Waals surface area contributed by atoms with Crippen LogP contribution in [0.1, 0.15) is 30.1 Å². The van der Waals surface area contributed by atoms with Crippen molar-refractivity contribution in [3.05, 3.63) is 35.4 Å². The predicted octanol–water partition coefficient (Wildman–Crippen LogP) is 1.51. The SMILES string of the molecule is O=C(C1OCCc2ccccc21)N1CCCC2CNCC21. The summed E-state index contributed by atoms with van der Waals surface area (Å²) >= 11 is 0. The fourth-order valence-electron chi connectivity index (χ4n) is 4.09. The highest BCUT2D eigenvalue weighted by Gasteiger charge is 2.41. The van der Waals surface area contributed by atoms with Crippen LogP contribution in [-0.2, 0) is 16.0 Å². The Bertz CT molecular complexity index is 545. The molecule has 0 radical (unpaired) electrons. The molecular formula is C17H22N2O2. The number of ether oxygens (including phenoxy) is 1. The van der Waals surface area contributed by atoms with Crippen molar-refractivity contribution < 1.29 is 9.53 Å². The summed E-state index contributed by atoms with van der Waals surface area (Å²) in [6.45, 7) is 3.51. The first-order valence-corrected chi connectivity index (χ1v) is 8.05. The molecule has 3 aliphatic heterocycles. The number of hydrogen-bond donors (Lipinski definition) is 1. The molecule has 112 valence electrons. The average molecular weight is 286 g/mol. The third-order valence-electron chi connectivity index (χ3n) is 5.18. The van der Waals surface area contributed by atoms with Crippen molar-refractivity contribution in [2.45, 2.75) is 31.4 Å². The lowest BCUT2D eigenvalue weighted by molar-refractivity contribution is -0.149. The van der Waals surface area contributed by atoms with E-state index < -0.39 is 6.10 Å². The molecule has 2 saturated heterocycles. The van der Waals surface area contributed by atoms with Gasteiger partial charge in [-0.05, 0) is 36.3 Å². The Kier molecular flexibility index (Phi) is 3.43. The highest BCUT2D eigenvalue weighted by molar-refractivity contribution is 5.83. The van der Waals surface area contributed by atoms with Crippen LogP contribution in [0.3, 0.4) is 0 Å². The average Bonchev–Trinajstić information content (AvgIpc) is 3.02. The highest BCUT2D eigenvalue weighted by atomic mass is 16.5. The first-order valence-electron chi connectivity index (χ1n) is 8.05. The first-order chi connectivity index (χ1) is 10.3. The van der Waals surface area contributed by atoms with E-state index in [9.17, 15) is 4.79 Å². The van der Waals surface area contributed by atoms with Crippen molar-refractivity contribution in [1.82, 2.24) is 10.2 Å². The van der Waals surface area contributed by atoms with Crippen LogP contribution in [0, 0.1) is 5.92 Å². The van der Waals surface area contributed by atoms with E-state index >= 15 is 0 Å². The molecule has 0 aromatic heterocycles. The number of amides is 1. The van der Waals surface area contributed by atoms with Gasteiger partial charge in [-0.25, -0.2) is 0 Å². The molecule has 1 amide bonds. The molecule has 1 N–H and O–H groups in total. The maximum Gasteiger partial charge on any atom is 0.256 e. The third-order valence-corrected chi connectivity index (χ3v) is 5.18. The van der Waals surface area contributed by atoms with Gasteiger partial charge in [0.15, 0.2) is 6.10 Å². The van der Waals surface area contributed by atoms with E-state index in [0.717, 1.165) is 38.0 Å². The molecule has 0 aliphatic carbocycles. The van der Waals surface area contributed by atoms with E-state index in [4.69, 9.17) is 4.74 Å². The standard InChI is InChI=1S/C17H22N2O2/c20-17(19-8-3-5-13-10-18-11-15(13)19)16-14-6-2-1-4-12(14)7-9-21-16/h1-2,4,6,13,15-16,18H,3,5,7-11H2. The van der Waals surface area contributed by atoms with Crippen LogP contribution in [0.4, 0.5) is 0 Å². The molecule has 3 aliphatic rings. The van der Waals surface area contributed by atoms with Gasteiger partial charge in [-0.3, -0.25) is 4.79 Å². The Labute approximate surface area is 125 Å². The monoisotopic (exact) mass is 286 g/mol. The van der Waals surface area contributed by atoms with Gasteiger partial charge in [0.05, 0.1) is 6.61 Å². The molecule has 4 rings (SSSR count). The number of carbonyl (C=O) groups excluding carboxylic acids is 1. The van der Waals surface area contributed by atoms with Gasteiger partial charge >= 0.3 is 0 Å². The number of nitrogens with one attached hydrogen (secondary N) is 1. The van der Waals surface area contributed by atoms with E-state index in [2.05, 4.69) is 16.3 Å². The van der Waals surface area contributed by atoms with Crippen LogP contribution in [0.5, 0.6) is 0 Å². The maximum atomic E-state index is 13.0. The third kappa shape index (κ3) is 2.27. The second kappa shape index (κ2) is 5.43. The fraction of sp³-hybridized carbons (Fsp3) is 0.588. The second-order valence-corrected chi connectivity index (χ2v) is 6.36. The minimum Gasteiger partial charge on any atom is -0.363 e. The zero-order valence-corrected chi connectivity index (χ0v) is 12.3. The molecule has 0 spiro atoms. The lowest BCUT2D eigenvalue weighted by Crippen LogP contribution is -2.50. The zero-order chi connectivity index (χ0) is 14.2. The number of nitrogens with zero attached hydrogens (tertiary/aromatic N) is 1. The first kappa shape index (κ1) is 13.3. The van der Waals surface area contributed by atoms with Crippen molar-refractivity contribution in [3.8, 4) is 0 Å². The van der Waals surface area contributed by atoms with E-state index in [1.54, 1.807) is 0 Å². The van der Waals surface area contributed by atoms with Gasteiger partial charge in [-0.2, -0.15) is 0 Å². The van der Waals surface area contributed by atoms with Gasteiger partial charge in [0, 0.05) is 25.7 Å². The van der Waals surface area contributed by atoms with Gasteiger partial charge in [0.25, 0.3) is 5.91 Å². The Hall–Kier alpha value is -1.39. The van der Waals surface area contributed by atoms with Crippen LogP contribution in [0.25, 0.3) is 0 Å². The molecule has 0 saturated carbocycles. The Morgan fingerprint density at radius 2 is 2.19 bits per heavy atom. The van der Waals surface area contributed by atoms with Crippen molar-refractivity contribution >= 4 is 5.91 Å². The molecule has 4 nitrogen and oxygen atoms in total. The van der Waals surface area contributed by atoms with Crippen molar-refractivity contribution in [2.24, 2.45) is 5.92 Å². The maximum absolute atomic E-state index is 13.0. The molecule has 2 fully saturated rings. The van der Waals surface area contributed by atoms with E-state index in [1.165, 1.54) is 12.0 Å². The van der Waals surface area contributed by atoms with Gasteiger partial charge < -0.3 is 15.0 Å². The van der Waals surface area contributed by atoms with Crippen LogP contribution in [0.15, 0.2) is 24.3 Å². The quantitative estimate of drug-likeness (QED) is 0.851. The summed E-state index contributed by atoms with van der Waals surface area (Å²) in [5.74, 6) is 0.794. The van der Waals surface area contributed by atoms with Gasteiger partial charge in [-0.15, -0.1) is 0 Å². The molecule has 3 atom stereocenters. The highest BCUT2D eigenvalue weighted by Crippen LogP contribution is 2.33. The number of carbonyl (C=O) groups is 1. The van der Waals surface area contributed by atoms with Crippen molar-refractivity contribution in [3.63, 3.8) is 0 Å². The largest absolute Gasteiger partial charge is 0.363 e. The van der Waals surface area contributed by atoms with E-state index in [0.29, 0.717) is 18.6 Å². The normalized spacial score (nSPS) is 31.6. The van der Waals surface area contributed by atoms with Gasteiger partial charge in [0.1, 0.15) is 0 Å². The number of benzene rings is 1. The number of fused-ring (bicyclic) bond motifs is 2. The summed E-state index contributed by atoms with van der Waals surface area (Å²) < 4.78 is 5.86. The topological polar surface area (TPSA) is 41.6 Å². The summed E-state index contributed by atoms with van der Waals surface area (Å²) in [6, 6.07) is 8.58. The molecule has 0 bridgehead atoms. The summed E-state index contributed by atoms with van der Waals surface area (Å²) in [5.41, 5.74) is 2.34. The lowest BCUT2D eigenvalue weighted by atomic mass is 9.90. The smallest absolute Gasteiger partial charge is 0.256 e. The van der Waals surface area contributed by atoms with Crippen LogP contribution in [-0.4, -0.2) is 43.1 Å².